The Morgan fingerprint density at radius 1 is 1.13 bits per heavy atom. The molecule has 0 saturated carbocycles. The van der Waals surface area contributed by atoms with Gasteiger partial charge < -0.3 is 11.1 Å². The molecule has 1 aliphatic heterocycles. The van der Waals surface area contributed by atoms with Crippen LogP contribution in [0.25, 0.3) is 0 Å². The number of aliphatic imine (C=N–C) groups is 1. The monoisotopic (exact) mass is 321 g/mol. The maximum atomic E-state index is 13.1. The Kier molecular flexibility index (Phi) is 3.48. The van der Waals surface area contributed by atoms with Crippen molar-refractivity contribution in [1.29, 1.82) is 0 Å². The number of hydrogen-bond acceptors (Lipinski definition) is 5. The molecule has 1 aliphatic rings. The van der Waals surface area contributed by atoms with Gasteiger partial charge in [0.05, 0.1) is 11.1 Å². The molecule has 2 heterocycles. The summed E-state index contributed by atoms with van der Waals surface area (Å²) >= 11 is 0. The van der Waals surface area contributed by atoms with E-state index in [4.69, 9.17) is 11.5 Å². The van der Waals surface area contributed by atoms with Crippen LogP contribution >= 0.6 is 0 Å². The predicted octanol–water partition coefficient (Wildman–Crippen LogP) is 2.09. The molecule has 8 heteroatoms. The molecule has 0 aliphatic carbocycles. The number of nitrogens with zero attached hydrogens (tertiary/aromatic N) is 2. The van der Waals surface area contributed by atoms with E-state index in [-0.39, 0.29) is 17.8 Å². The van der Waals surface area contributed by atoms with Crippen molar-refractivity contribution < 1.29 is 13.2 Å². The lowest BCUT2D eigenvalue weighted by Crippen LogP contribution is -2.52. The third-order valence-electron chi connectivity index (χ3n) is 3.52. The van der Waals surface area contributed by atoms with E-state index in [1.165, 1.54) is 24.4 Å². The Bertz CT molecular complexity index is 772. The molecule has 1 aromatic heterocycles. The fraction of sp³-hybridized carbons (Fsp3) is 0.200. The SMILES string of the molecule is NC1=NC(N)(Cc2ccccc2C(F)(F)F)Nc2ncccc21. The van der Waals surface area contributed by atoms with Gasteiger partial charge in [-0.05, 0) is 23.8 Å². The number of alkyl halides is 3. The second kappa shape index (κ2) is 5.24. The highest BCUT2D eigenvalue weighted by Crippen LogP contribution is 2.34. The summed E-state index contributed by atoms with van der Waals surface area (Å²) in [6.07, 6.45) is -3.11. The Hall–Kier alpha value is -2.61. The summed E-state index contributed by atoms with van der Waals surface area (Å²) in [4.78, 5) is 8.23. The lowest BCUT2D eigenvalue weighted by molar-refractivity contribution is -0.138. The number of amidine groups is 1. The van der Waals surface area contributed by atoms with Crippen LogP contribution in [-0.4, -0.2) is 16.6 Å². The number of halogens is 3. The van der Waals surface area contributed by atoms with Crippen molar-refractivity contribution in [2.75, 3.05) is 5.32 Å². The van der Waals surface area contributed by atoms with Gasteiger partial charge in [-0.1, -0.05) is 18.2 Å². The summed E-state index contributed by atoms with van der Waals surface area (Å²) in [6, 6.07) is 8.64. The van der Waals surface area contributed by atoms with Crippen molar-refractivity contribution in [3.8, 4) is 0 Å². The molecule has 0 bridgehead atoms. The first-order chi connectivity index (χ1) is 10.8. The zero-order valence-corrected chi connectivity index (χ0v) is 11.9. The van der Waals surface area contributed by atoms with Crippen molar-refractivity contribution in [2.45, 2.75) is 18.4 Å². The van der Waals surface area contributed by atoms with Crippen LogP contribution in [0, 0.1) is 0 Å². The molecule has 23 heavy (non-hydrogen) atoms. The molecule has 5 N–H and O–H groups in total. The third kappa shape index (κ3) is 2.98. The highest BCUT2D eigenvalue weighted by molar-refractivity contribution is 6.03. The van der Waals surface area contributed by atoms with Crippen molar-refractivity contribution in [2.24, 2.45) is 16.5 Å². The first kappa shape index (κ1) is 15.3. The van der Waals surface area contributed by atoms with Crippen LogP contribution < -0.4 is 16.8 Å². The molecule has 1 atom stereocenters. The zero-order valence-electron chi connectivity index (χ0n) is 11.9. The summed E-state index contributed by atoms with van der Waals surface area (Å²) in [5, 5.41) is 2.86. The molecule has 5 nitrogen and oxygen atoms in total. The second-order valence-electron chi connectivity index (χ2n) is 5.28. The van der Waals surface area contributed by atoms with Gasteiger partial charge in [-0.3, -0.25) is 5.73 Å². The molecule has 1 aromatic carbocycles. The minimum Gasteiger partial charge on any atom is -0.383 e. The molecule has 0 amide bonds. The molecule has 0 spiro atoms. The van der Waals surface area contributed by atoms with Gasteiger partial charge in [0, 0.05) is 12.6 Å². The molecule has 1 unspecified atom stereocenters. The predicted molar refractivity (Wildman–Crippen MR) is 80.7 cm³/mol. The lowest BCUT2D eigenvalue weighted by atomic mass is 9.99. The van der Waals surface area contributed by atoms with Gasteiger partial charge >= 0.3 is 6.18 Å². The Morgan fingerprint density at radius 2 is 1.87 bits per heavy atom. The average Bonchev–Trinajstić information content (AvgIpc) is 2.46. The fourth-order valence-corrected chi connectivity index (χ4v) is 2.54. The van der Waals surface area contributed by atoms with Crippen molar-refractivity contribution in [3.05, 3.63) is 59.3 Å². The number of benzene rings is 1. The minimum atomic E-state index is -4.47. The molecule has 3 rings (SSSR count). The number of nitrogens with one attached hydrogen (secondary N) is 1. The van der Waals surface area contributed by atoms with E-state index in [1.54, 1.807) is 12.1 Å². The summed E-state index contributed by atoms with van der Waals surface area (Å²) in [5.41, 5.74) is 11.8. The van der Waals surface area contributed by atoms with Gasteiger partial charge in [0.25, 0.3) is 0 Å². The summed E-state index contributed by atoms with van der Waals surface area (Å²) in [6.45, 7) is 0. The van der Waals surface area contributed by atoms with Gasteiger partial charge in [-0.15, -0.1) is 0 Å². The van der Waals surface area contributed by atoms with Gasteiger partial charge in [-0.2, -0.15) is 13.2 Å². The van der Waals surface area contributed by atoms with Gasteiger partial charge in [0.1, 0.15) is 11.7 Å². The van der Waals surface area contributed by atoms with E-state index in [2.05, 4.69) is 15.3 Å². The number of nitrogens with two attached hydrogens (primary N) is 2. The van der Waals surface area contributed by atoms with Crippen LogP contribution in [-0.2, 0) is 12.6 Å². The number of aromatic nitrogens is 1. The van der Waals surface area contributed by atoms with Crippen LogP contribution in [0.2, 0.25) is 0 Å². The Morgan fingerprint density at radius 3 is 2.61 bits per heavy atom. The highest BCUT2D eigenvalue weighted by atomic mass is 19.4. The van der Waals surface area contributed by atoms with Crippen LogP contribution in [0.3, 0.4) is 0 Å². The standard InChI is InChI=1S/C15H14F3N5/c16-15(17,18)11-6-2-1-4-9(11)8-14(20)22-12(19)10-5-3-7-21-13(10)23-14/h1-7H,8,20H2,(H2,19,22)(H,21,23). The number of anilines is 1. The largest absolute Gasteiger partial charge is 0.416 e. The van der Waals surface area contributed by atoms with E-state index in [1.807, 2.05) is 0 Å². The van der Waals surface area contributed by atoms with Crippen LogP contribution in [0.4, 0.5) is 19.0 Å². The van der Waals surface area contributed by atoms with Crippen molar-refractivity contribution in [1.82, 2.24) is 4.98 Å². The number of rotatable bonds is 2. The van der Waals surface area contributed by atoms with Crippen LogP contribution in [0.1, 0.15) is 16.7 Å². The van der Waals surface area contributed by atoms with E-state index in [9.17, 15) is 13.2 Å². The summed E-state index contributed by atoms with van der Waals surface area (Å²) in [7, 11) is 0. The molecular weight excluding hydrogens is 307 g/mol. The van der Waals surface area contributed by atoms with Crippen LogP contribution in [0.15, 0.2) is 47.6 Å². The first-order valence-electron chi connectivity index (χ1n) is 6.81. The van der Waals surface area contributed by atoms with Gasteiger partial charge in [0.15, 0.2) is 5.79 Å². The lowest BCUT2D eigenvalue weighted by Gasteiger charge is -2.32. The molecule has 0 radical (unpaired) electrons. The van der Waals surface area contributed by atoms with E-state index < -0.39 is 17.5 Å². The van der Waals surface area contributed by atoms with Crippen molar-refractivity contribution in [3.63, 3.8) is 0 Å². The van der Waals surface area contributed by atoms with E-state index >= 15 is 0 Å². The maximum absolute atomic E-state index is 13.1. The topological polar surface area (TPSA) is 89.3 Å². The van der Waals surface area contributed by atoms with Gasteiger partial charge in [0.2, 0.25) is 0 Å². The molecule has 2 aromatic rings. The van der Waals surface area contributed by atoms with Crippen LogP contribution in [0.5, 0.6) is 0 Å². The minimum absolute atomic E-state index is 0.0333. The fourth-order valence-electron chi connectivity index (χ4n) is 2.54. The molecule has 0 fully saturated rings. The summed E-state index contributed by atoms with van der Waals surface area (Å²) in [5.74, 6) is -0.960. The van der Waals surface area contributed by atoms with E-state index in [0.717, 1.165) is 6.07 Å². The number of hydrogen-bond donors (Lipinski definition) is 3. The Labute approximate surface area is 130 Å². The van der Waals surface area contributed by atoms with Crippen molar-refractivity contribution >= 4 is 11.7 Å². The highest BCUT2D eigenvalue weighted by Gasteiger charge is 2.37. The summed E-state index contributed by atoms with van der Waals surface area (Å²) < 4.78 is 39.3. The number of pyridine rings is 1. The maximum Gasteiger partial charge on any atom is 0.416 e. The second-order valence-corrected chi connectivity index (χ2v) is 5.28. The van der Waals surface area contributed by atoms with E-state index in [0.29, 0.717) is 11.4 Å². The quantitative estimate of drug-likeness (QED) is 0.790. The van der Waals surface area contributed by atoms with Gasteiger partial charge in [-0.25, -0.2) is 9.98 Å². The third-order valence-corrected chi connectivity index (χ3v) is 3.52. The number of fused-ring (bicyclic) bond motifs is 1. The first-order valence-corrected chi connectivity index (χ1v) is 6.81. The smallest absolute Gasteiger partial charge is 0.383 e. The Balaban J connectivity index is 1.98. The molecule has 0 saturated heterocycles. The zero-order chi connectivity index (χ0) is 16.7. The normalized spacial score (nSPS) is 20.4. The molecule has 120 valence electrons. The average molecular weight is 321 g/mol. The molecular formula is C15H14F3N5.